The predicted octanol–water partition coefficient (Wildman–Crippen LogP) is 3.21. The minimum atomic E-state index is -0.403. The topological polar surface area (TPSA) is 108 Å². The maximum absolute atomic E-state index is 15.0. The maximum atomic E-state index is 15.0. The van der Waals surface area contributed by atoms with Crippen molar-refractivity contribution in [2.24, 2.45) is 0 Å². The Kier molecular flexibility index (Phi) is 6.62. The van der Waals surface area contributed by atoms with E-state index in [4.69, 9.17) is 18.9 Å². The number of nitrogens with zero attached hydrogens (tertiary/aromatic N) is 4. The van der Waals surface area contributed by atoms with Gasteiger partial charge >= 0.3 is 0 Å². The van der Waals surface area contributed by atoms with Crippen LogP contribution in [0.3, 0.4) is 0 Å². The Labute approximate surface area is 225 Å². The second-order valence-electron chi connectivity index (χ2n) is 10.5. The van der Waals surface area contributed by atoms with Crippen molar-refractivity contribution < 1.29 is 28.1 Å². The lowest BCUT2D eigenvalue weighted by Gasteiger charge is -2.56. The number of pyridine rings is 3. The molecule has 0 unspecified atom stereocenters. The van der Waals surface area contributed by atoms with Crippen molar-refractivity contribution in [1.29, 1.82) is 0 Å². The highest BCUT2D eigenvalue weighted by Gasteiger charge is 2.52. The van der Waals surface area contributed by atoms with Crippen LogP contribution < -0.4 is 24.4 Å². The number of nitrogens with one attached hydrogen (secondary N) is 1. The average molecular weight is 538 g/mol. The van der Waals surface area contributed by atoms with Crippen molar-refractivity contribution >= 4 is 22.8 Å². The summed E-state index contributed by atoms with van der Waals surface area (Å²) < 4.78 is 38.4. The third-order valence-corrected chi connectivity index (χ3v) is 8.41. The zero-order valence-corrected chi connectivity index (χ0v) is 22.2. The van der Waals surface area contributed by atoms with Crippen LogP contribution in [0.5, 0.6) is 17.4 Å². The molecule has 10 nitrogen and oxygen atoms in total. The molecule has 0 atom stereocenters. The molecule has 39 heavy (non-hydrogen) atoms. The Balaban J connectivity index is 1.15. The molecule has 11 heteroatoms. The summed E-state index contributed by atoms with van der Waals surface area (Å²) in [5, 5.41) is 2.50. The van der Waals surface area contributed by atoms with Gasteiger partial charge in [-0.2, -0.15) is 0 Å². The highest BCUT2D eigenvalue weighted by molar-refractivity contribution is 5.79. The molecule has 206 valence electrons. The fraction of sp³-hybridized carbons (Fsp3) is 0.500. The van der Waals surface area contributed by atoms with Crippen LogP contribution in [-0.4, -0.2) is 72.5 Å². The molecule has 2 saturated heterocycles. The molecule has 3 aromatic heterocycles. The lowest BCUT2D eigenvalue weighted by molar-refractivity contribution is -0.156. The molecule has 1 N–H and O–H groups in total. The van der Waals surface area contributed by atoms with Crippen LogP contribution in [0.4, 0.5) is 10.2 Å². The average Bonchev–Trinajstić information content (AvgIpc) is 2.99. The molecule has 0 aromatic carbocycles. The van der Waals surface area contributed by atoms with Gasteiger partial charge in [0.25, 0.3) is 5.91 Å². The first-order valence-corrected chi connectivity index (χ1v) is 13.3. The lowest BCUT2D eigenvalue weighted by Crippen LogP contribution is -2.62. The van der Waals surface area contributed by atoms with Gasteiger partial charge in [-0.15, -0.1) is 0 Å². The van der Waals surface area contributed by atoms with Gasteiger partial charge in [0.05, 0.1) is 41.2 Å². The third kappa shape index (κ3) is 4.80. The van der Waals surface area contributed by atoms with Crippen molar-refractivity contribution in [3.8, 4) is 17.4 Å². The highest BCUT2D eigenvalue weighted by Crippen LogP contribution is 2.49. The van der Waals surface area contributed by atoms with Crippen molar-refractivity contribution in [2.45, 2.75) is 49.7 Å². The third-order valence-electron chi connectivity index (χ3n) is 8.41. The van der Waals surface area contributed by atoms with Gasteiger partial charge in [-0.1, -0.05) is 0 Å². The number of aryl methyl sites for hydroxylation is 1. The van der Waals surface area contributed by atoms with Gasteiger partial charge in [-0.3, -0.25) is 9.78 Å². The minimum Gasteiger partial charge on any atom is -0.486 e. The molecular weight excluding hydrogens is 505 g/mol. The number of amides is 1. The smallest absolute Gasteiger partial charge is 0.257 e. The molecule has 0 spiro atoms. The number of fused-ring (bicyclic) bond motifs is 5. The summed E-state index contributed by atoms with van der Waals surface area (Å²) in [4.78, 5) is 27.1. The van der Waals surface area contributed by atoms with E-state index in [1.165, 1.54) is 13.2 Å². The summed E-state index contributed by atoms with van der Waals surface area (Å²) in [5.74, 6) is 1.81. The molecule has 1 aliphatic carbocycles. The summed E-state index contributed by atoms with van der Waals surface area (Å²) >= 11 is 0. The zero-order valence-electron chi connectivity index (χ0n) is 22.2. The minimum absolute atomic E-state index is 0.147. The van der Waals surface area contributed by atoms with E-state index < -0.39 is 5.82 Å². The molecular formula is C28H32FN5O5. The molecule has 4 aliphatic rings. The largest absolute Gasteiger partial charge is 0.486 e. The Morgan fingerprint density at radius 2 is 1.92 bits per heavy atom. The first kappa shape index (κ1) is 25.5. The number of ether oxygens (including phenoxy) is 4. The summed E-state index contributed by atoms with van der Waals surface area (Å²) in [7, 11) is 3.60. The quantitative estimate of drug-likeness (QED) is 0.463. The van der Waals surface area contributed by atoms with Gasteiger partial charge < -0.3 is 29.2 Å². The molecule has 3 fully saturated rings. The standard InChI is InChI=1S/C28H32FN5O5/c1-30-24(35)16-38-25-4-3-20-26(33-25)18(19(29)14-31-20)5-6-28-9-7-27(8-10-28,17-39-28)34(2)23-13-21-22(15-32-23)37-12-11-36-21/h3-4,13-15H,5-12,16-17H2,1-2H3,(H,30,35). The van der Waals surface area contributed by atoms with E-state index in [0.717, 1.165) is 37.3 Å². The van der Waals surface area contributed by atoms with Crippen LogP contribution in [-0.2, 0) is 16.0 Å². The van der Waals surface area contributed by atoms with E-state index in [-0.39, 0.29) is 29.5 Å². The van der Waals surface area contributed by atoms with Crippen LogP contribution in [0.1, 0.15) is 37.7 Å². The molecule has 7 rings (SSSR count). The summed E-state index contributed by atoms with van der Waals surface area (Å²) in [6.07, 6.45) is 7.76. The second kappa shape index (κ2) is 10.1. The number of halogens is 1. The van der Waals surface area contributed by atoms with Crippen molar-refractivity contribution in [3.63, 3.8) is 0 Å². The monoisotopic (exact) mass is 537 g/mol. The SMILES string of the molecule is CNC(=O)COc1ccc2ncc(F)c(CCC34CCC(N(C)c5cc6c(cn5)OCCO6)(CC3)CO4)c2n1. The molecule has 3 aromatic rings. The van der Waals surface area contributed by atoms with E-state index in [9.17, 15) is 4.79 Å². The van der Waals surface area contributed by atoms with E-state index >= 15 is 4.39 Å². The number of likely N-dealkylation sites (N-methyl/N-ethyl adjacent to an activating group) is 2. The van der Waals surface area contributed by atoms with E-state index in [2.05, 4.69) is 32.2 Å². The van der Waals surface area contributed by atoms with E-state index in [0.29, 0.717) is 55.0 Å². The fourth-order valence-electron chi connectivity index (χ4n) is 5.83. The zero-order chi connectivity index (χ0) is 27.0. The predicted molar refractivity (Wildman–Crippen MR) is 141 cm³/mol. The van der Waals surface area contributed by atoms with E-state index in [1.54, 1.807) is 18.3 Å². The van der Waals surface area contributed by atoms with Gasteiger partial charge in [-0.25, -0.2) is 14.4 Å². The molecule has 6 heterocycles. The van der Waals surface area contributed by atoms with Gasteiger partial charge in [0.1, 0.15) is 24.8 Å². The Morgan fingerprint density at radius 3 is 2.67 bits per heavy atom. The van der Waals surface area contributed by atoms with Crippen LogP contribution >= 0.6 is 0 Å². The number of hydrogen-bond acceptors (Lipinski definition) is 9. The number of rotatable bonds is 8. The maximum Gasteiger partial charge on any atom is 0.257 e. The lowest BCUT2D eigenvalue weighted by atomic mass is 9.68. The van der Waals surface area contributed by atoms with Gasteiger partial charge in [-0.05, 0) is 44.6 Å². The van der Waals surface area contributed by atoms with Crippen LogP contribution in [0.15, 0.2) is 30.6 Å². The summed E-state index contributed by atoms with van der Waals surface area (Å²) in [6, 6.07) is 5.31. The first-order chi connectivity index (χ1) is 18.9. The van der Waals surface area contributed by atoms with Crippen LogP contribution in [0.25, 0.3) is 11.0 Å². The summed E-state index contributed by atoms with van der Waals surface area (Å²) in [6.45, 7) is 1.48. The summed E-state index contributed by atoms with van der Waals surface area (Å²) in [5.41, 5.74) is 1.07. The number of hydrogen-bond donors (Lipinski definition) is 1. The Bertz CT molecular complexity index is 1380. The Morgan fingerprint density at radius 1 is 1.13 bits per heavy atom. The van der Waals surface area contributed by atoms with Gasteiger partial charge in [0.15, 0.2) is 18.1 Å². The second-order valence-corrected chi connectivity index (χ2v) is 10.5. The van der Waals surface area contributed by atoms with Crippen molar-refractivity contribution in [1.82, 2.24) is 20.3 Å². The number of carbonyl (C=O) groups excluding carboxylic acids is 1. The number of anilines is 1. The van der Waals surface area contributed by atoms with Crippen LogP contribution in [0, 0.1) is 5.82 Å². The highest BCUT2D eigenvalue weighted by atomic mass is 19.1. The number of carbonyl (C=O) groups is 1. The van der Waals surface area contributed by atoms with Crippen molar-refractivity contribution in [2.75, 3.05) is 45.4 Å². The molecule has 1 saturated carbocycles. The molecule has 1 amide bonds. The van der Waals surface area contributed by atoms with Gasteiger partial charge in [0, 0.05) is 31.8 Å². The normalized spacial score (nSPS) is 23.5. The van der Waals surface area contributed by atoms with Crippen molar-refractivity contribution in [3.05, 3.63) is 42.0 Å². The first-order valence-electron chi connectivity index (χ1n) is 13.3. The molecule has 0 radical (unpaired) electrons. The molecule has 2 bridgehead atoms. The number of aromatic nitrogens is 3. The van der Waals surface area contributed by atoms with Gasteiger partial charge in [0.2, 0.25) is 5.88 Å². The fourth-order valence-corrected chi connectivity index (χ4v) is 5.83. The Hall–Kier alpha value is -3.73. The van der Waals surface area contributed by atoms with E-state index in [1.807, 2.05) is 6.07 Å². The molecule has 3 aliphatic heterocycles. The van der Waals surface area contributed by atoms with Crippen LogP contribution in [0.2, 0.25) is 0 Å².